The molecular weight excluding hydrogens is 867 g/mol. The van der Waals surface area contributed by atoms with E-state index >= 15 is 0 Å². The summed E-state index contributed by atoms with van der Waals surface area (Å²) in [5, 5.41) is 33.3. The Kier molecular flexibility index (Phi) is 16.4. The van der Waals surface area contributed by atoms with Crippen LogP contribution in [0.1, 0.15) is 60.6 Å². The number of nitrogens with two attached hydrogens (primary N) is 1. The van der Waals surface area contributed by atoms with Crippen LogP contribution in [0.2, 0.25) is 5.02 Å². The third-order valence-corrected chi connectivity index (χ3v) is 12.4. The van der Waals surface area contributed by atoms with E-state index in [9.17, 15) is 48.4 Å². The normalized spacial score (nSPS) is 18.2. The highest BCUT2D eigenvalue weighted by Gasteiger charge is 2.36. The van der Waals surface area contributed by atoms with Gasteiger partial charge in [0.2, 0.25) is 23.6 Å². The second-order valence-electron chi connectivity index (χ2n) is 15.5. The van der Waals surface area contributed by atoms with E-state index in [1.54, 1.807) is 36.4 Å². The summed E-state index contributed by atoms with van der Waals surface area (Å²) < 4.78 is 16.5. The van der Waals surface area contributed by atoms with Gasteiger partial charge < -0.3 is 51.5 Å². The minimum Gasteiger partial charge on any atom is -0.507 e. The molecule has 0 spiro atoms. The monoisotopic (exact) mass is 918 g/mol. The lowest BCUT2D eigenvalue weighted by atomic mass is 9.93. The number of ketones is 1. The second kappa shape index (κ2) is 21.5. The van der Waals surface area contributed by atoms with Crippen molar-refractivity contribution in [2.45, 2.75) is 69.7 Å². The Hall–Kier alpha value is -6.10. The van der Waals surface area contributed by atoms with E-state index < -0.39 is 79.3 Å². The molecule has 1 aliphatic heterocycles. The van der Waals surface area contributed by atoms with Crippen LogP contribution in [0.5, 0.6) is 11.5 Å². The smallest absolute Gasteiger partial charge is 0.335 e. The van der Waals surface area contributed by atoms with Crippen molar-refractivity contribution in [2.24, 2.45) is 5.73 Å². The molecule has 1 heterocycles. The van der Waals surface area contributed by atoms with Crippen LogP contribution in [-0.4, -0.2) is 106 Å². The fourth-order valence-corrected chi connectivity index (χ4v) is 8.05. The molecule has 0 saturated heterocycles. The maximum absolute atomic E-state index is 14.6. The average molecular weight is 919 g/mol. The highest BCUT2D eigenvalue weighted by Crippen LogP contribution is 2.41. The maximum atomic E-state index is 14.6. The molecule has 1 unspecified atom stereocenters. The van der Waals surface area contributed by atoms with Gasteiger partial charge in [-0.3, -0.25) is 33.3 Å². The minimum absolute atomic E-state index is 0.0614. The van der Waals surface area contributed by atoms with Gasteiger partial charge >= 0.3 is 7.60 Å². The molecule has 6 atom stereocenters. The number of unbranched alkanes of at least 4 members (excludes halogenated alkanes) is 1. The van der Waals surface area contributed by atoms with Gasteiger partial charge in [0.05, 0.1) is 6.04 Å². The number of carbonyl (C=O) groups is 6. The quantitative estimate of drug-likeness (QED) is 0.0622. The summed E-state index contributed by atoms with van der Waals surface area (Å²) in [6, 6.07) is 15.7. The van der Waals surface area contributed by atoms with Gasteiger partial charge in [-0.2, -0.15) is 0 Å². The van der Waals surface area contributed by atoms with Crippen LogP contribution in [0.15, 0.2) is 84.9 Å². The van der Waals surface area contributed by atoms with Crippen molar-refractivity contribution in [3.63, 3.8) is 0 Å². The number of hydrogen-bond donors (Lipinski definition) is 8. The fraction of sp³-hybridized carbons (Fsp3) is 0.333. The first-order valence-electron chi connectivity index (χ1n) is 20.4. The average Bonchev–Trinajstić information content (AvgIpc) is 3.26. The number of carbonyl (C=O) groups excluding carboxylic acids is 6. The van der Waals surface area contributed by atoms with Crippen molar-refractivity contribution in [2.75, 3.05) is 26.9 Å². The van der Waals surface area contributed by atoms with Gasteiger partial charge in [0, 0.05) is 42.3 Å². The Labute approximate surface area is 375 Å². The molecule has 19 heteroatoms. The summed E-state index contributed by atoms with van der Waals surface area (Å²) in [6.07, 6.45) is 0.0521. The number of nitrogens with zero attached hydrogens (tertiary/aromatic N) is 1. The van der Waals surface area contributed by atoms with Crippen LogP contribution >= 0.6 is 19.2 Å². The Balaban J connectivity index is 1.48. The van der Waals surface area contributed by atoms with Gasteiger partial charge in [-0.25, -0.2) is 0 Å². The van der Waals surface area contributed by atoms with Gasteiger partial charge in [-0.15, -0.1) is 0 Å². The summed E-state index contributed by atoms with van der Waals surface area (Å²) in [5.41, 5.74) is 8.47. The first kappa shape index (κ1) is 48.9. The largest absolute Gasteiger partial charge is 0.507 e. The van der Waals surface area contributed by atoms with Crippen LogP contribution in [-0.2, 0) is 39.5 Å². The Morgan fingerprint density at radius 2 is 1.50 bits per heavy atom. The first-order chi connectivity index (χ1) is 30.3. The van der Waals surface area contributed by atoms with E-state index in [0.717, 1.165) is 23.1 Å². The number of halogens is 1. The van der Waals surface area contributed by atoms with E-state index in [2.05, 4.69) is 25.8 Å². The number of nitrogens with one attached hydrogen (secondary N) is 4. The van der Waals surface area contributed by atoms with Crippen molar-refractivity contribution in [1.29, 1.82) is 0 Å². The Bertz CT molecular complexity index is 2430. The molecule has 0 fully saturated rings. The van der Waals surface area contributed by atoms with E-state index in [1.165, 1.54) is 57.3 Å². The molecule has 0 radical (unpaired) electrons. The number of aromatic hydroxyl groups is 2. The summed E-state index contributed by atoms with van der Waals surface area (Å²) >= 11 is 6.04. The lowest BCUT2D eigenvalue weighted by Gasteiger charge is -2.32. The summed E-state index contributed by atoms with van der Waals surface area (Å²) in [7, 11) is -1.93. The van der Waals surface area contributed by atoms with Crippen molar-refractivity contribution in [1.82, 2.24) is 26.2 Å². The molecule has 4 aromatic carbocycles. The predicted molar refractivity (Wildman–Crippen MR) is 239 cm³/mol. The SMILES string of the molecule is COP(=O)(O)CC(=O)[C@H](C)NC(=O)[C@@H]1Cc2ccc(O)c(c2)-c2cc(ccc2O)[C@H](N(C)C(=O)[C@H](CCCCN)NC(=O)c2ccc(-c3ccc(Cl)cc3)cc2)C(=O)N[C@@H](C)C(=O)N1. The lowest BCUT2D eigenvalue weighted by Crippen LogP contribution is -2.57. The molecule has 17 nitrogen and oxygen atoms in total. The van der Waals surface area contributed by atoms with E-state index in [-0.39, 0.29) is 46.6 Å². The fourth-order valence-electron chi connectivity index (χ4n) is 7.13. The third kappa shape index (κ3) is 12.3. The standard InChI is InChI=1S/C45H52ClN6O11P/c1-25(39(55)24-64(61,62)63-4)48-43(58)36-22-27-8-18-37(53)33(21-27)34-23-31(15-19-38(34)54)40(44(59)49-26(2)41(56)51-36)52(3)45(60)35(7-5-6-20-47)50-42(57)30-11-9-28(10-12-30)29-13-16-32(46)17-14-29/h8-19,21,23,25-26,35-36,40,53-54H,5-7,20,22,24,47H2,1-4H3,(H,48,58)(H,49,59)(H,50,57)(H,51,56)(H,61,62)/t25-,26-,35-,36-,40-/m0/s1. The van der Waals surface area contributed by atoms with E-state index in [1.807, 2.05) is 12.1 Å². The van der Waals surface area contributed by atoms with Gasteiger partial charge in [-0.1, -0.05) is 48.0 Å². The van der Waals surface area contributed by atoms with Crippen molar-refractivity contribution >= 4 is 54.5 Å². The molecule has 0 saturated carbocycles. The number of phenols is 2. The third-order valence-electron chi connectivity index (χ3n) is 10.9. The molecule has 1 aliphatic rings. The van der Waals surface area contributed by atoms with Crippen LogP contribution in [0.25, 0.3) is 22.3 Å². The van der Waals surface area contributed by atoms with Crippen molar-refractivity contribution in [3.05, 3.63) is 107 Å². The molecule has 4 bridgehead atoms. The molecule has 0 aliphatic carbocycles. The zero-order valence-corrected chi connectivity index (χ0v) is 37.3. The highest BCUT2D eigenvalue weighted by atomic mass is 35.5. The molecule has 4 aromatic rings. The lowest BCUT2D eigenvalue weighted by molar-refractivity contribution is -0.141. The minimum atomic E-state index is -4.26. The first-order valence-corrected chi connectivity index (χ1v) is 22.6. The molecule has 5 amide bonds. The summed E-state index contributed by atoms with van der Waals surface area (Å²) in [4.78, 5) is 93.7. The van der Waals surface area contributed by atoms with Crippen LogP contribution < -0.4 is 27.0 Å². The van der Waals surface area contributed by atoms with Crippen LogP contribution in [0.3, 0.4) is 0 Å². The maximum Gasteiger partial charge on any atom is 0.335 e. The Morgan fingerprint density at radius 1 is 0.891 bits per heavy atom. The predicted octanol–water partition coefficient (Wildman–Crippen LogP) is 3.96. The number of rotatable bonds is 15. The van der Waals surface area contributed by atoms with E-state index in [4.69, 9.17) is 17.3 Å². The number of hydrogen-bond acceptors (Lipinski definition) is 11. The molecule has 0 aromatic heterocycles. The van der Waals surface area contributed by atoms with Crippen LogP contribution in [0.4, 0.5) is 0 Å². The van der Waals surface area contributed by atoms with Gasteiger partial charge in [0.1, 0.15) is 41.8 Å². The second-order valence-corrected chi connectivity index (χ2v) is 17.9. The molecule has 9 N–H and O–H groups in total. The molecule has 64 heavy (non-hydrogen) atoms. The zero-order valence-electron chi connectivity index (χ0n) is 35.7. The van der Waals surface area contributed by atoms with Crippen molar-refractivity contribution in [3.8, 4) is 33.8 Å². The van der Waals surface area contributed by atoms with Gasteiger partial charge in [0.25, 0.3) is 5.91 Å². The number of fused-ring (bicyclic) bond motifs is 5. The zero-order chi connectivity index (χ0) is 46.9. The Morgan fingerprint density at radius 3 is 2.12 bits per heavy atom. The number of Topliss-reactive ketones (excluding diaryl/α,β-unsaturated/α-hetero) is 1. The number of benzene rings is 4. The van der Waals surface area contributed by atoms with Gasteiger partial charge in [0.15, 0.2) is 5.78 Å². The molecular formula is C45H52ClN6O11P. The number of amides is 5. The summed E-state index contributed by atoms with van der Waals surface area (Å²) in [5.74, 6) is -5.14. The number of likely N-dealkylation sites (N-methyl/N-ethyl adjacent to an activating group) is 1. The van der Waals surface area contributed by atoms with Gasteiger partial charge in [-0.05, 0) is 110 Å². The van der Waals surface area contributed by atoms with Crippen LogP contribution in [0, 0.1) is 0 Å². The molecule has 5 rings (SSSR count). The number of phenolic OH excluding ortho intramolecular Hbond substituents is 2. The van der Waals surface area contributed by atoms with E-state index in [0.29, 0.717) is 30.0 Å². The topological polar surface area (TPSA) is 267 Å². The molecule has 340 valence electrons. The van der Waals surface area contributed by atoms with Crippen molar-refractivity contribution < 1.29 is 53.0 Å². The summed E-state index contributed by atoms with van der Waals surface area (Å²) in [6.45, 7) is 2.98. The highest BCUT2D eigenvalue weighted by molar-refractivity contribution is 7.53.